The second-order valence-electron chi connectivity index (χ2n) is 7.43. The number of aromatic nitrogens is 3. The van der Waals surface area contributed by atoms with Crippen molar-refractivity contribution in [3.63, 3.8) is 0 Å². The van der Waals surface area contributed by atoms with Crippen molar-refractivity contribution in [3.05, 3.63) is 66.6 Å². The molecule has 0 unspecified atom stereocenters. The first kappa shape index (κ1) is 18.3. The molecule has 7 heteroatoms. The van der Waals surface area contributed by atoms with Crippen LogP contribution in [0.2, 0.25) is 0 Å². The maximum absolute atomic E-state index is 14.8. The van der Waals surface area contributed by atoms with Crippen molar-refractivity contribution in [2.75, 3.05) is 0 Å². The Labute approximate surface area is 171 Å². The van der Waals surface area contributed by atoms with E-state index in [-0.39, 0.29) is 17.8 Å². The van der Waals surface area contributed by atoms with Crippen molar-refractivity contribution >= 4 is 17.0 Å². The Morgan fingerprint density at radius 2 is 1.90 bits per heavy atom. The van der Waals surface area contributed by atoms with Crippen molar-refractivity contribution in [1.82, 2.24) is 15.0 Å². The molecule has 0 atom stereocenters. The molecule has 150 valence electrons. The summed E-state index contributed by atoms with van der Waals surface area (Å²) < 4.78 is 20.5. The van der Waals surface area contributed by atoms with Crippen LogP contribution in [0.4, 0.5) is 4.39 Å². The van der Waals surface area contributed by atoms with Gasteiger partial charge in [-0.2, -0.15) is 0 Å². The fraction of sp³-hybridized carbons (Fsp3) is 0.174. The number of benzene rings is 2. The second-order valence-corrected chi connectivity index (χ2v) is 7.43. The summed E-state index contributed by atoms with van der Waals surface area (Å²) in [7, 11) is 0. The summed E-state index contributed by atoms with van der Waals surface area (Å²) in [6.45, 7) is 0. The van der Waals surface area contributed by atoms with Crippen LogP contribution in [-0.2, 0) is 4.79 Å². The molecule has 0 spiro atoms. The molecule has 30 heavy (non-hydrogen) atoms. The van der Waals surface area contributed by atoms with Crippen LogP contribution in [0.1, 0.15) is 12.8 Å². The number of carboxylic acids is 1. The minimum absolute atomic E-state index is 0.120. The number of hydrogen-bond donors (Lipinski definition) is 2. The highest BCUT2D eigenvalue weighted by Crippen LogP contribution is 2.32. The smallest absolute Gasteiger partial charge is 0.306 e. The van der Waals surface area contributed by atoms with E-state index in [9.17, 15) is 9.18 Å². The average molecular weight is 403 g/mol. The Hall–Kier alpha value is -3.74. The molecule has 0 aliphatic heterocycles. The van der Waals surface area contributed by atoms with Crippen LogP contribution in [-0.4, -0.2) is 32.1 Å². The Morgan fingerprint density at radius 3 is 2.60 bits per heavy atom. The Bertz CT molecular complexity index is 1200. The summed E-state index contributed by atoms with van der Waals surface area (Å²) in [6, 6.07) is 16.1. The Kier molecular flexibility index (Phi) is 4.43. The summed E-state index contributed by atoms with van der Waals surface area (Å²) in [5.74, 6) is -0.566. The minimum Gasteiger partial charge on any atom is -0.481 e. The van der Waals surface area contributed by atoms with Gasteiger partial charge in [0.1, 0.15) is 17.7 Å². The molecule has 0 saturated heterocycles. The zero-order valence-electron chi connectivity index (χ0n) is 15.9. The van der Waals surface area contributed by atoms with Crippen LogP contribution in [0, 0.1) is 11.7 Å². The van der Waals surface area contributed by atoms with E-state index in [0.29, 0.717) is 35.7 Å². The lowest BCUT2D eigenvalue weighted by Crippen LogP contribution is -2.38. The van der Waals surface area contributed by atoms with Gasteiger partial charge in [0.15, 0.2) is 0 Å². The van der Waals surface area contributed by atoms with Crippen LogP contribution < -0.4 is 4.74 Å². The van der Waals surface area contributed by atoms with Crippen molar-refractivity contribution in [2.24, 2.45) is 5.92 Å². The molecule has 2 N–H and O–H groups in total. The first-order chi connectivity index (χ1) is 14.6. The average Bonchev–Trinajstić information content (AvgIpc) is 3.14. The van der Waals surface area contributed by atoms with E-state index in [1.165, 1.54) is 6.07 Å². The monoisotopic (exact) mass is 403 g/mol. The highest BCUT2D eigenvalue weighted by atomic mass is 19.1. The quantitative estimate of drug-likeness (QED) is 0.505. The first-order valence-electron chi connectivity index (χ1n) is 9.67. The number of pyridine rings is 1. The van der Waals surface area contributed by atoms with Gasteiger partial charge in [-0.3, -0.25) is 4.79 Å². The van der Waals surface area contributed by atoms with Gasteiger partial charge >= 0.3 is 5.97 Å². The van der Waals surface area contributed by atoms with Crippen LogP contribution in [0.5, 0.6) is 5.88 Å². The molecule has 1 fully saturated rings. The van der Waals surface area contributed by atoms with Crippen molar-refractivity contribution in [2.45, 2.75) is 18.9 Å². The minimum atomic E-state index is -0.786. The number of hydrogen-bond acceptors (Lipinski definition) is 4. The van der Waals surface area contributed by atoms with Crippen LogP contribution in [0.25, 0.3) is 33.5 Å². The molecule has 2 heterocycles. The predicted octanol–water partition coefficient (Wildman–Crippen LogP) is 4.67. The number of para-hydroxylation sites is 2. The number of fused-ring (bicyclic) bond motifs is 1. The van der Waals surface area contributed by atoms with Gasteiger partial charge in [-0.1, -0.05) is 18.2 Å². The highest BCUT2D eigenvalue weighted by Gasteiger charge is 2.36. The number of nitrogens with one attached hydrogen (secondary N) is 1. The lowest BCUT2D eigenvalue weighted by atomic mass is 9.82. The number of carbonyl (C=O) groups is 1. The number of rotatable bonds is 5. The zero-order valence-corrected chi connectivity index (χ0v) is 15.9. The van der Waals surface area contributed by atoms with Crippen LogP contribution in [0.3, 0.4) is 0 Å². The van der Waals surface area contributed by atoms with Gasteiger partial charge in [-0.15, -0.1) is 0 Å². The van der Waals surface area contributed by atoms with Gasteiger partial charge < -0.3 is 14.8 Å². The zero-order chi connectivity index (χ0) is 20.7. The summed E-state index contributed by atoms with van der Waals surface area (Å²) in [6.07, 6.45) is 2.49. The molecule has 0 bridgehead atoms. The maximum atomic E-state index is 14.8. The van der Waals surface area contributed by atoms with Gasteiger partial charge in [0.2, 0.25) is 5.88 Å². The van der Waals surface area contributed by atoms with Gasteiger partial charge in [0, 0.05) is 17.8 Å². The predicted molar refractivity (Wildman–Crippen MR) is 109 cm³/mol. The van der Waals surface area contributed by atoms with Crippen molar-refractivity contribution < 1.29 is 19.0 Å². The van der Waals surface area contributed by atoms with Crippen LogP contribution in [0.15, 0.2) is 60.8 Å². The molecule has 0 radical (unpaired) electrons. The molecular formula is C23H18FN3O3. The summed E-state index contributed by atoms with van der Waals surface area (Å²) in [5.41, 5.74) is 3.50. The number of imidazole rings is 1. The second kappa shape index (κ2) is 7.26. The number of H-pyrrole nitrogens is 1. The fourth-order valence-corrected chi connectivity index (χ4v) is 3.62. The Morgan fingerprint density at radius 1 is 1.10 bits per heavy atom. The normalized spacial score (nSPS) is 18.2. The van der Waals surface area contributed by atoms with Gasteiger partial charge in [0.25, 0.3) is 0 Å². The number of ether oxygens (including phenoxy) is 1. The van der Waals surface area contributed by atoms with Gasteiger partial charge in [0.05, 0.1) is 22.5 Å². The molecule has 6 nitrogen and oxygen atoms in total. The number of aliphatic carboxylic acids is 1. The molecule has 0 amide bonds. The fourth-order valence-electron chi connectivity index (χ4n) is 3.62. The molecule has 1 saturated carbocycles. The summed E-state index contributed by atoms with van der Waals surface area (Å²) >= 11 is 0. The van der Waals surface area contributed by atoms with Crippen LogP contribution >= 0.6 is 0 Å². The van der Waals surface area contributed by atoms with E-state index in [1.54, 1.807) is 18.3 Å². The molecule has 1 aliphatic carbocycles. The lowest BCUT2D eigenvalue weighted by Gasteiger charge is -2.31. The Balaban J connectivity index is 1.32. The van der Waals surface area contributed by atoms with E-state index in [1.807, 2.05) is 36.4 Å². The number of nitrogens with zero attached hydrogens (tertiary/aromatic N) is 2. The largest absolute Gasteiger partial charge is 0.481 e. The summed E-state index contributed by atoms with van der Waals surface area (Å²) in [4.78, 5) is 22.7. The third-order valence-corrected chi connectivity index (χ3v) is 5.41. The molecule has 1 aliphatic rings. The SMILES string of the molecule is O=C(O)C1CC(Oc2ccc(-c3ccc(-c4nc5ccccc5[nH]4)c(F)c3)cn2)C1. The van der Waals surface area contributed by atoms with E-state index in [0.717, 1.165) is 16.6 Å². The maximum Gasteiger partial charge on any atom is 0.306 e. The first-order valence-corrected chi connectivity index (χ1v) is 9.67. The van der Waals surface area contributed by atoms with E-state index < -0.39 is 5.97 Å². The lowest BCUT2D eigenvalue weighted by molar-refractivity contribution is -0.148. The standard InChI is InChI=1S/C23H18FN3O3/c24-18-11-13(5-7-17(18)22-26-19-3-1-2-4-20(19)27-22)14-6-8-21(25-12-14)30-16-9-15(10-16)23(28)29/h1-8,11-12,15-16H,9-10H2,(H,26,27)(H,28,29). The van der Waals surface area contributed by atoms with E-state index in [4.69, 9.17) is 9.84 Å². The summed E-state index contributed by atoms with van der Waals surface area (Å²) in [5, 5.41) is 8.92. The third-order valence-electron chi connectivity index (χ3n) is 5.41. The third kappa shape index (κ3) is 3.39. The van der Waals surface area contributed by atoms with E-state index in [2.05, 4.69) is 15.0 Å². The van der Waals surface area contributed by atoms with Crippen molar-refractivity contribution in [3.8, 4) is 28.4 Å². The topological polar surface area (TPSA) is 88.1 Å². The molecule has 5 rings (SSSR count). The highest BCUT2D eigenvalue weighted by molar-refractivity contribution is 5.80. The number of halogens is 1. The van der Waals surface area contributed by atoms with E-state index >= 15 is 0 Å². The molecule has 2 aromatic heterocycles. The number of aromatic amines is 1. The molecule has 2 aromatic carbocycles. The molecule has 4 aromatic rings. The molecular weight excluding hydrogens is 385 g/mol. The van der Waals surface area contributed by atoms with Crippen molar-refractivity contribution in [1.29, 1.82) is 0 Å². The number of carboxylic acid groups (broad SMARTS) is 1. The van der Waals surface area contributed by atoms with Gasteiger partial charge in [-0.25, -0.2) is 14.4 Å². The van der Waals surface area contributed by atoms with Gasteiger partial charge in [-0.05, 0) is 48.7 Å².